The van der Waals surface area contributed by atoms with E-state index in [1.54, 1.807) is 12.1 Å². The van der Waals surface area contributed by atoms with Crippen LogP contribution in [0.25, 0.3) is 11.3 Å². The Balaban J connectivity index is 2.19. The van der Waals surface area contributed by atoms with E-state index in [0.717, 1.165) is 11.3 Å². The van der Waals surface area contributed by atoms with Gasteiger partial charge in [0.15, 0.2) is 0 Å². The maximum atomic E-state index is 10.6. The van der Waals surface area contributed by atoms with Crippen LogP contribution in [0.4, 0.5) is 5.69 Å². The van der Waals surface area contributed by atoms with Crippen molar-refractivity contribution in [3.05, 3.63) is 46.4 Å². The van der Waals surface area contributed by atoms with Gasteiger partial charge in [-0.05, 0) is 12.1 Å². The minimum atomic E-state index is -0.451. The number of non-ortho nitro benzene ring substituents is 1. The monoisotopic (exact) mass is 261 g/mol. The van der Waals surface area contributed by atoms with Gasteiger partial charge in [0.1, 0.15) is 0 Å². The normalized spacial score (nSPS) is 10.1. The van der Waals surface area contributed by atoms with Crippen LogP contribution in [0.15, 0.2) is 30.6 Å². The number of aromatic nitrogens is 2. The molecule has 0 atom stereocenters. The summed E-state index contributed by atoms with van der Waals surface area (Å²) in [7, 11) is 0. The van der Waals surface area contributed by atoms with Gasteiger partial charge in [-0.2, -0.15) is 0 Å². The lowest BCUT2D eigenvalue weighted by atomic mass is 10.1. The minimum Gasteiger partial charge on any atom is -0.467 e. The number of H-pyrrole nitrogens is 1. The lowest BCUT2D eigenvalue weighted by Gasteiger charge is -2.02. The summed E-state index contributed by atoms with van der Waals surface area (Å²) < 4.78 is 4.63. The molecule has 0 bridgehead atoms. The molecular formula is C12H11N3O4. The first-order valence-corrected chi connectivity index (χ1v) is 5.54. The van der Waals surface area contributed by atoms with E-state index in [0.29, 0.717) is 18.6 Å². The van der Waals surface area contributed by atoms with Crippen LogP contribution in [0, 0.1) is 10.1 Å². The van der Waals surface area contributed by atoms with Crippen LogP contribution >= 0.6 is 0 Å². The third-order valence-electron chi connectivity index (χ3n) is 2.61. The number of nitro groups is 1. The average Bonchev–Trinajstić information content (AvgIpc) is 2.87. The molecule has 0 spiro atoms. The van der Waals surface area contributed by atoms with Gasteiger partial charge in [-0.25, -0.2) is 4.98 Å². The number of imidazole rings is 1. The highest BCUT2D eigenvalue weighted by Crippen LogP contribution is 2.23. The summed E-state index contributed by atoms with van der Waals surface area (Å²) in [5.41, 5.74) is 2.32. The molecule has 0 fully saturated rings. The van der Waals surface area contributed by atoms with E-state index in [-0.39, 0.29) is 12.3 Å². The number of ether oxygens (including phenoxy) is 1. The second kappa shape index (κ2) is 5.76. The second-order valence-corrected chi connectivity index (χ2v) is 3.75. The first-order chi connectivity index (χ1) is 9.22. The van der Waals surface area contributed by atoms with E-state index in [9.17, 15) is 14.9 Å². The first kappa shape index (κ1) is 12.7. The Hall–Kier alpha value is -2.70. The quantitative estimate of drug-likeness (QED) is 0.369. The topological polar surface area (TPSA) is 98.1 Å². The summed E-state index contributed by atoms with van der Waals surface area (Å²) >= 11 is 0. The highest BCUT2D eigenvalue weighted by Gasteiger charge is 2.10. The second-order valence-electron chi connectivity index (χ2n) is 3.75. The molecular weight excluding hydrogens is 250 g/mol. The van der Waals surface area contributed by atoms with Crippen molar-refractivity contribution in [2.75, 3.05) is 6.61 Å². The van der Waals surface area contributed by atoms with Crippen LogP contribution in [0.2, 0.25) is 0 Å². The lowest BCUT2D eigenvalue weighted by molar-refractivity contribution is -0.384. The molecule has 0 saturated heterocycles. The van der Waals surface area contributed by atoms with Crippen LogP contribution in [-0.2, 0) is 16.0 Å². The minimum absolute atomic E-state index is 0.0325. The van der Waals surface area contributed by atoms with Crippen molar-refractivity contribution in [2.45, 2.75) is 6.42 Å². The fourth-order valence-corrected chi connectivity index (χ4v) is 1.71. The molecule has 0 saturated carbocycles. The van der Waals surface area contributed by atoms with E-state index < -0.39 is 4.92 Å². The van der Waals surface area contributed by atoms with Crippen LogP contribution in [-0.4, -0.2) is 28.0 Å². The van der Waals surface area contributed by atoms with Crippen molar-refractivity contribution in [1.29, 1.82) is 0 Å². The van der Waals surface area contributed by atoms with E-state index >= 15 is 0 Å². The standard InChI is InChI=1S/C12H11N3O4/c16-8-19-6-5-11-12(14-7-13-11)9-1-3-10(4-2-9)15(17)18/h1-4,7-8H,5-6H2,(H,13,14). The predicted molar refractivity (Wildman–Crippen MR) is 66.4 cm³/mol. The number of rotatable bonds is 6. The summed E-state index contributed by atoms with van der Waals surface area (Å²) in [4.78, 5) is 27.3. The van der Waals surface area contributed by atoms with Crippen LogP contribution in [0.5, 0.6) is 0 Å². The molecule has 1 aromatic carbocycles. The fourth-order valence-electron chi connectivity index (χ4n) is 1.71. The Bertz CT molecular complexity index is 577. The molecule has 0 amide bonds. The van der Waals surface area contributed by atoms with Gasteiger partial charge in [0.25, 0.3) is 12.2 Å². The van der Waals surface area contributed by atoms with Crippen molar-refractivity contribution < 1.29 is 14.5 Å². The highest BCUT2D eigenvalue weighted by molar-refractivity contribution is 5.63. The number of hydrogen-bond donors (Lipinski definition) is 1. The van der Waals surface area contributed by atoms with Gasteiger partial charge in [-0.3, -0.25) is 14.9 Å². The number of nitrogens with zero attached hydrogens (tertiary/aromatic N) is 2. The predicted octanol–water partition coefficient (Wildman–Crippen LogP) is 1.70. The molecule has 2 rings (SSSR count). The van der Waals surface area contributed by atoms with Gasteiger partial charge >= 0.3 is 0 Å². The summed E-state index contributed by atoms with van der Waals surface area (Å²) in [5.74, 6) is 0. The van der Waals surface area contributed by atoms with Gasteiger partial charge in [0, 0.05) is 29.8 Å². The number of nitrogens with one attached hydrogen (secondary N) is 1. The van der Waals surface area contributed by atoms with E-state index in [4.69, 9.17) is 0 Å². The third-order valence-corrected chi connectivity index (χ3v) is 2.61. The Labute approximate surface area is 108 Å². The molecule has 2 aromatic rings. The molecule has 98 valence electrons. The summed E-state index contributed by atoms with van der Waals surface area (Å²) in [5, 5.41) is 10.6. The molecule has 1 N–H and O–H groups in total. The Morgan fingerprint density at radius 3 is 2.74 bits per heavy atom. The molecule has 7 heteroatoms. The van der Waals surface area contributed by atoms with Crippen molar-refractivity contribution in [2.24, 2.45) is 0 Å². The molecule has 0 aliphatic heterocycles. The van der Waals surface area contributed by atoms with Gasteiger partial charge in [-0.1, -0.05) is 0 Å². The number of hydrogen-bond acceptors (Lipinski definition) is 5. The number of carbonyl (C=O) groups is 1. The maximum Gasteiger partial charge on any atom is 0.293 e. The maximum absolute atomic E-state index is 10.6. The van der Waals surface area contributed by atoms with Crippen LogP contribution in [0.3, 0.4) is 0 Å². The smallest absolute Gasteiger partial charge is 0.293 e. The SMILES string of the molecule is O=COCCc1[nH]cnc1-c1ccc([N+](=O)[O-])cc1. The number of aromatic amines is 1. The van der Waals surface area contributed by atoms with E-state index in [1.165, 1.54) is 18.5 Å². The number of nitro benzene ring substituents is 1. The van der Waals surface area contributed by atoms with Gasteiger partial charge in [0.05, 0.1) is 23.6 Å². The largest absolute Gasteiger partial charge is 0.467 e. The van der Waals surface area contributed by atoms with Crippen molar-refractivity contribution in [1.82, 2.24) is 9.97 Å². The zero-order valence-electron chi connectivity index (χ0n) is 9.91. The zero-order chi connectivity index (χ0) is 13.7. The molecule has 1 aromatic heterocycles. The van der Waals surface area contributed by atoms with Gasteiger partial charge in [-0.15, -0.1) is 0 Å². The van der Waals surface area contributed by atoms with E-state index in [2.05, 4.69) is 14.7 Å². The van der Waals surface area contributed by atoms with E-state index in [1.807, 2.05) is 0 Å². The fraction of sp³-hybridized carbons (Fsp3) is 0.167. The molecule has 0 unspecified atom stereocenters. The molecule has 0 aliphatic rings. The number of carbonyl (C=O) groups excluding carboxylic acids is 1. The van der Waals surface area contributed by atoms with Crippen LogP contribution < -0.4 is 0 Å². The Kier molecular flexibility index (Phi) is 3.87. The van der Waals surface area contributed by atoms with Crippen molar-refractivity contribution in [3.8, 4) is 11.3 Å². The average molecular weight is 261 g/mol. The molecule has 7 nitrogen and oxygen atoms in total. The van der Waals surface area contributed by atoms with Gasteiger partial charge < -0.3 is 9.72 Å². The van der Waals surface area contributed by atoms with Crippen LogP contribution in [0.1, 0.15) is 5.69 Å². The summed E-state index contributed by atoms with van der Waals surface area (Å²) in [6.07, 6.45) is 2.04. The molecule has 0 radical (unpaired) electrons. The molecule has 1 heterocycles. The molecule has 0 aliphatic carbocycles. The van der Waals surface area contributed by atoms with Gasteiger partial charge in [0.2, 0.25) is 0 Å². The first-order valence-electron chi connectivity index (χ1n) is 5.54. The van der Waals surface area contributed by atoms with Crippen molar-refractivity contribution in [3.63, 3.8) is 0 Å². The molecule has 19 heavy (non-hydrogen) atoms. The third kappa shape index (κ3) is 2.95. The highest BCUT2D eigenvalue weighted by atomic mass is 16.6. The summed E-state index contributed by atoms with van der Waals surface area (Å²) in [6, 6.07) is 6.13. The lowest BCUT2D eigenvalue weighted by Crippen LogP contribution is -1.98. The Morgan fingerprint density at radius 2 is 2.11 bits per heavy atom. The van der Waals surface area contributed by atoms with Crippen molar-refractivity contribution >= 4 is 12.2 Å². The zero-order valence-corrected chi connectivity index (χ0v) is 9.91. The summed E-state index contributed by atoms with van der Waals surface area (Å²) in [6.45, 7) is 0.646. The Morgan fingerprint density at radius 1 is 1.37 bits per heavy atom. The number of benzene rings is 1.